The third kappa shape index (κ3) is 10.1. The van der Waals surface area contributed by atoms with Crippen molar-refractivity contribution in [3.8, 4) is 0 Å². The highest BCUT2D eigenvalue weighted by atomic mass is 16.2. The molecule has 56 heavy (non-hydrogen) atoms. The van der Waals surface area contributed by atoms with Gasteiger partial charge in [0.2, 0.25) is 23.6 Å². The minimum absolute atomic E-state index is 0.00298. The van der Waals surface area contributed by atoms with Gasteiger partial charge in [0.1, 0.15) is 0 Å². The van der Waals surface area contributed by atoms with Crippen LogP contribution >= 0.6 is 0 Å². The van der Waals surface area contributed by atoms with Crippen molar-refractivity contribution in [3.05, 3.63) is 143 Å². The van der Waals surface area contributed by atoms with E-state index in [0.29, 0.717) is 44.5 Å². The first-order valence-corrected chi connectivity index (χ1v) is 19.1. The normalized spacial score (nSPS) is 18.9. The van der Waals surface area contributed by atoms with Crippen molar-refractivity contribution in [3.63, 3.8) is 0 Å². The highest BCUT2D eigenvalue weighted by Crippen LogP contribution is 2.28. The third-order valence-corrected chi connectivity index (χ3v) is 10.6. The van der Waals surface area contributed by atoms with Crippen LogP contribution in [0.3, 0.4) is 0 Å². The van der Waals surface area contributed by atoms with E-state index >= 15 is 0 Å². The molecule has 0 aliphatic carbocycles. The molecule has 6 rings (SSSR count). The predicted octanol–water partition coefficient (Wildman–Crippen LogP) is 2.63. The Balaban J connectivity index is 1.07. The zero-order valence-corrected chi connectivity index (χ0v) is 31.3. The van der Waals surface area contributed by atoms with Crippen LogP contribution in [0.15, 0.2) is 115 Å². The molecule has 4 aromatic rings. The van der Waals surface area contributed by atoms with Gasteiger partial charge in [-0.3, -0.25) is 28.8 Å². The molecule has 2 heterocycles. The van der Waals surface area contributed by atoms with Crippen molar-refractivity contribution in [1.29, 1.82) is 0 Å². The van der Waals surface area contributed by atoms with Crippen molar-refractivity contribution in [2.75, 3.05) is 45.8 Å². The average Bonchev–Trinajstić information content (AvgIpc) is 3.89. The molecule has 6 amide bonds. The molecule has 0 bridgehead atoms. The molecule has 0 radical (unpaired) electrons. The van der Waals surface area contributed by atoms with E-state index in [4.69, 9.17) is 5.73 Å². The molecule has 0 unspecified atom stereocenters. The van der Waals surface area contributed by atoms with Crippen LogP contribution in [0.2, 0.25) is 0 Å². The standard InChI is InChI=1S/C44H48N6O6/c45-39(51)35-26-49(27-36(35)40(52)46-23-20-30-10-4-1-5-11-30)43(55)33-16-18-34(19-17-33)44(56)50-28-37(41(53)47-24-21-31-12-6-2-7-13-31)38(29-50)42(54)48-25-22-32-14-8-3-9-15-32/h1-19,35-38H,20-29H2,(H2,45,51)(H,46,52)(H,47,53)(H,48,54)/t35-,36-,37-,38-/m1/s1. The number of carbonyl (C=O) groups excluding carboxylic acids is 6. The second-order valence-electron chi connectivity index (χ2n) is 14.4. The van der Waals surface area contributed by atoms with Crippen molar-refractivity contribution < 1.29 is 28.8 Å². The summed E-state index contributed by atoms with van der Waals surface area (Å²) in [6.07, 6.45) is 1.88. The summed E-state index contributed by atoms with van der Waals surface area (Å²) in [5.41, 5.74) is 9.45. The van der Waals surface area contributed by atoms with Crippen LogP contribution in [-0.2, 0) is 38.4 Å². The van der Waals surface area contributed by atoms with Crippen molar-refractivity contribution in [2.24, 2.45) is 29.4 Å². The minimum atomic E-state index is -0.835. The van der Waals surface area contributed by atoms with E-state index in [1.807, 2.05) is 91.0 Å². The van der Waals surface area contributed by atoms with Gasteiger partial charge in [-0.05, 0) is 60.2 Å². The summed E-state index contributed by atoms with van der Waals surface area (Å²) in [6, 6.07) is 35.4. The first-order chi connectivity index (χ1) is 27.2. The van der Waals surface area contributed by atoms with E-state index in [1.54, 1.807) is 0 Å². The van der Waals surface area contributed by atoms with E-state index in [9.17, 15) is 28.8 Å². The second kappa shape index (κ2) is 18.8. The Labute approximate surface area is 326 Å². The summed E-state index contributed by atoms with van der Waals surface area (Å²) in [7, 11) is 0. The molecule has 2 saturated heterocycles. The van der Waals surface area contributed by atoms with Crippen LogP contribution in [0.25, 0.3) is 0 Å². The lowest BCUT2D eigenvalue weighted by atomic mass is 9.94. The third-order valence-electron chi connectivity index (χ3n) is 10.6. The first kappa shape index (κ1) is 39.4. The summed E-state index contributed by atoms with van der Waals surface area (Å²) in [6.45, 7) is 1.31. The maximum Gasteiger partial charge on any atom is 0.253 e. The van der Waals surface area contributed by atoms with Crippen LogP contribution in [-0.4, -0.2) is 91.1 Å². The topological polar surface area (TPSA) is 171 Å². The van der Waals surface area contributed by atoms with Gasteiger partial charge in [0, 0.05) is 56.9 Å². The number of amides is 6. The molecule has 4 aromatic carbocycles. The lowest BCUT2D eigenvalue weighted by molar-refractivity contribution is -0.132. The van der Waals surface area contributed by atoms with E-state index in [1.165, 1.54) is 34.1 Å². The summed E-state index contributed by atoms with van der Waals surface area (Å²) in [5.74, 6) is -5.43. The molecule has 2 fully saturated rings. The fraction of sp³-hybridized carbons (Fsp3) is 0.318. The van der Waals surface area contributed by atoms with Crippen LogP contribution in [0.4, 0.5) is 0 Å². The van der Waals surface area contributed by atoms with Crippen molar-refractivity contribution >= 4 is 35.4 Å². The van der Waals surface area contributed by atoms with Gasteiger partial charge in [-0.2, -0.15) is 0 Å². The number of nitrogens with zero attached hydrogens (tertiary/aromatic N) is 2. The molecule has 4 atom stereocenters. The van der Waals surface area contributed by atoms with Gasteiger partial charge in [0.25, 0.3) is 11.8 Å². The Hall–Kier alpha value is -6.30. The monoisotopic (exact) mass is 756 g/mol. The van der Waals surface area contributed by atoms with E-state index < -0.39 is 35.5 Å². The Bertz CT molecular complexity index is 1930. The summed E-state index contributed by atoms with van der Waals surface area (Å²) in [4.78, 5) is 82.8. The highest BCUT2D eigenvalue weighted by molar-refractivity contribution is 6.00. The van der Waals surface area contributed by atoms with Gasteiger partial charge < -0.3 is 31.5 Å². The SMILES string of the molecule is NC(=O)[C@@H]1CN(C(=O)c2ccc(C(=O)N3C[C@@H](C(=O)NCCc4ccccc4)[C@H](C(=O)NCCc4ccccc4)C3)cc2)C[C@H]1C(=O)NCCc1ccccc1. The van der Waals surface area contributed by atoms with Crippen molar-refractivity contribution in [1.82, 2.24) is 25.8 Å². The molecule has 2 aliphatic heterocycles. The van der Waals surface area contributed by atoms with Crippen LogP contribution in [0, 0.1) is 23.7 Å². The summed E-state index contributed by atoms with van der Waals surface area (Å²) >= 11 is 0. The van der Waals surface area contributed by atoms with Crippen molar-refractivity contribution in [2.45, 2.75) is 19.3 Å². The zero-order valence-electron chi connectivity index (χ0n) is 31.3. The lowest BCUT2D eigenvalue weighted by Crippen LogP contribution is -2.42. The largest absolute Gasteiger partial charge is 0.369 e. The molecule has 290 valence electrons. The van der Waals surface area contributed by atoms with Gasteiger partial charge in [0.05, 0.1) is 23.7 Å². The smallest absolute Gasteiger partial charge is 0.253 e. The maximum absolute atomic E-state index is 13.8. The second-order valence-corrected chi connectivity index (χ2v) is 14.4. The lowest BCUT2D eigenvalue weighted by Gasteiger charge is -2.18. The molecule has 12 heteroatoms. The molecule has 0 saturated carbocycles. The number of likely N-dealkylation sites (tertiary alicyclic amines) is 2. The highest BCUT2D eigenvalue weighted by Gasteiger charge is 2.44. The maximum atomic E-state index is 13.8. The molecular weight excluding hydrogens is 709 g/mol. The zero-order chi connectivity index (χ0) is 39.4. The van der Waals surface area contributed by atoms with Gasteiger partial charge in [-0.1, -0.05) is 91.0 Å². The average molecular weight is 757 g/mol. The van der Waals surface area contributed by atoms with Gasteiger partial charge in [-0.25, -0.2) is 0 Å². The summed E-state index contributed by atoms with van der Waals surface area (Å²) < 4.78 is 0. The van der Waals surface area contributed by atoms with Gasteiger partial charge in [-0.15, -0.1) is 0 Å². The Morgan fingerprint density at radius 1 is 0.446 bits per heavy atom. The fourth-order valence-electron chi connectivity index (χ4n) is 7.46. The number of hydrogen-bond donors (Lipinski definition) is 4. The number of nitrogens with one attached hydrogen (secondary N) is 3. The van der Waals surface area contributed by atoms with E-state index in [-0.39, 0.29) is 55.4 Å². The Morgan fingerprint density at radius 2 is 0.732 bits per heavy atom. The van der Waals surface area contributed by atoms with Gasteiger partial charge in [0.15, 0.2) is 0 Å². The van der Waals surface area contributed by atoms with E-state index in [0.717, 1.165) is 16.7 Å². The predicted molar refractivity (Wildman–Crippen MR) is 211 cm³/mol. The number of nitrogens with two attached hydrogens (primary N) is 1. The number of carbonyl (C=O) groups is 6. The minimum Gasteiger partial charge on any atom is -0.369 e. The fourth-order valence-corrected chi connectivity index (χ4v) is 7.46. The van der Waals surface area contributed by atoms with Crippen LogP contribution in [0.1, 0.15) is 37.4 Å². The van der Waals surface area contributed by atoms with Crippen LogP contribution < -0.4 is 21.7 Å². The molecule has 2 aliphatic rings. The summed E-state index contributed by atoms with van der Waals surface area (Å²) in [5, 5.41) is 8.82. The molecule has 5 N–H and O–H groups in total. The number of benzene rings is 4. The van der Waals surface area contributed by atoms with Crippen LogP contribution in [0.5, 0.6) is 0 Å². The number of rotatable bonds is 15. The molecule has 0 spiro atoms. The van der Waals surface area contributed by atoms with Gasteiger partial charge >= 0.3 is 0 Å². The Kier molecular flexibility index (Phi) is 13.3. The Morgan fingerprint density at radius 3 is 1.04 bits per heavy atom. The number of primary amides is 1. The quantitative estimate of drug-likeness (QED) is 0.145. The first-order valence-electron chi connectivity index (χ1n) is 19.1. The molecular formula is C44H48N6O6. The molecule has 12 nitrogen and oxygen atoms in total. The molecule has 0 aromatic heterocycles. The number of hydrogen-bond acceptors (Lipinski definition) is 6. The van der Waals surface area contributed by atoms with E-state index in [2.05, 4.69) is 16.0 Å².